The van der Waals surface area contributed by atoms with Crippen molar-refractivity contribution in [3.05, 3.63) is 29.3 Å². The molecule has 1 aromatic carbocycles. The van der Waals surface area contributed by atoms with E-state index in [9.17, 15) is 0 Å². The van der Waals surface area contributed by atoms with E-state index in [4.69, 9.17) is 0 Å². The van der Waals surface area contributed by atoms with Crippen LogP contribution in [0.3, 0.4) is 0 Å². The van der Waals surface area contributed by atoms with E-state index in [1.54, 1.807) is 0 Å². The average Bonchev–Trinajstić information content (AvgIpc) is 2.91. The topological polar surface area (TPSA) is 12.0 Å². The molecular formula is C13H19N. The number of anilines is 1. The number of hydrogen-bond acceptors (Lipinski definition) is 1. The average molecular weight is 189 g/mol. The van der Waals surface area contributed by atoms with Gasteiger partial charge in [-0.1, -0.05) is 32.0 Å². The Morgan fingerprint density at radius 2 is 2.00 bits per heavy atom. The van der Waals surface area contributed by atoms with E-state index in [0.717, 1.165) is 6.04 Å². The van der Waals surface area contributed by atoms with Crippen LogP contribution in [0, 0.1) is 6.92 Å². The highest BCUT2D eigenvalue weighted by atomic mass is 15.0. The molecule has 0 aliphatic heterocycles. The lowest BCUT2D eigenvalue weighted by atomic mass is 9.98. The van der Waals surface area contributed by atoms with Gasteiger partial charge in [0.2, 0.25) is 0 Å². The summed E-state index contributed by atoms with van der Waals surface area (Å²) in [4.78, 5) is 0. The monoisotopic (exact) mass is 189 g/mol. The van der Waals surface area contributed by atoms with Gasteiger partial charge in [0.15, 0.2) is 0 Å². The minimum atomic E-state index is 0.608. The lowest BCUT2D eigenvalue weighted by molar-refractivity contribution is 0.863. The van der Waals surface area contributed by atoms with Gasteiger partial charge in [0.05, 0.1) is 0 Å². The van der Waals surface area contributed by atoms with E-state index in [2.05, 4.69) is 44.3 Å². The van der Waals surface area contributed by atoms with Crippen LogP contribution in [0.4, 0.5) is 5.69 Å². The van der Waals surface area contributed by atoms with E-state index in [1.165, 1.54) is 29.7 Å². The van der Waals surface area contributed by atoms with Crippen molar-refractivity contribution in [1.29, 1.82) is 0 Å². The summed E-state index contributed by atoms with van der Waals surface area (Å²) in [5.74, 6) is 0.608. The van der Waals surface area contributed by atoms with E-state index >= 15 is 0 Å². The minimum Gasteiger partial charge on any atom is -0.382 e. The molecule has 1 saturated carbocycles. The van der Waals surface area contributed by atoms with Gasteiger partial charge in [-0.15, -0.1) is 0 Å². The quantitative estimate of drug-likeness (QED) is 0.764. The first-order chi connectivity index (χ1) is 6.68. The molecule has 2 rings (SSSR count). The van der Waals surface area contributed by atoms with Gasteiger partial charge in [-0.2, -0.15) is 0 Å². The smallest absolute Gasteiger partial charge is 0.0407 e. The van der Waals surface area contributed by atoms with Gasteiger partial charge in [-0.25, -0.2) is 0 Å². The summed E-state index contributed by atoms with van der Waals surface area (Å²) in [6.07, 6.45) is 2.68. The first-order valence-electron chi connectivity index (χ1n) is 5.54. The maximum atomic E-state index is 3.63. The number of rotatable bonds is 3. The Kier molecular flexibility index (Phi) is 2.49. The molecule has 0 saturated heterocycles. The Balaban J connectivity index is 2.31. The molecule has 1 aliphatic carbocycles. The number of hydrogen-bond donors (Lipinski definition) is 1. The van der Waals surface area contributed by atoms with Gasteiger partial charge in [0, 0.05) is 11.7 Å². The highest BCUT2D eigenvalue weighted by Gasteiger charge is 2.22. The van der Waals surface area contributed by atoms with Gasteiger partial charge in [-0.05, 0) is 36.8 Å². The van der Waals surface area contributed by atoms with Gasteiger partial charge >= 0.3 is 0 Å². The second kappa shape index (κ2) is 3.64. The third-order valence-corrected chi connectivity index (χ3v) is 2.85. The molecule has 0 atom stereocenters. The summed E-state index contributed by atoms with van der Waals surface area (Å²) in [6, 6.07) is 7.33. The Bertz CT molecular complexity index is 324. The van der Waals surface area contributed by atoms with E-state index in [0.29, 0.717) is 5.92 Å². The summed E-state index contributed by atoms with van der Waals surface area (Å²) < 4.78 is 0. The van der Waals surface area contributed by atoms with Crippen LogP contribution in [0.1, 0.15) is 43.7 Å². The fourth-order valence-corrected chi connectivity index (χ4v) is 1.80. The number of aryl methyl sites for hydroxylation is 1. The second-order valence-corrected chi connectivity index (χ2v) is 4.61. The molecule has 1 N–H and O–H groups in total. The van der Waals surface area contributed by atoms with Crippen molar-refractivity contribution >= 4 is 5.69 Å². The Morgan fingerprint density at radius 3 is 2.57 bits per heavy atom. The molecule has 1 heteroatoms. The number of nitrogens with one attached hydrogen (secondary N) is 1. The lowest BCUT2D eigenvalue weighted by Gasteiger charge is -2.16. The molecule has 0 radical (unpaired) electrons. The Hall–Kier alpha value is -0.980. The van der Waals surface area contributed by atoms with Crippen LogP contribution in [-0.2, 0) is 0 Å². The summed E-state index contributed by atoms with van der Waals surface area (Å²) in [5, 5.41) is 3.63. The molecule has 1 aliphatic rings. The van der Waals surface area contributed by atoms with Crippen LogP contribution in [-0.4, -0.2) is 6.04 Å². The zero-order valence-electron chi connectivity index (χ0n) is 9.30. The Morgan fingerprint density at radius 1 is 1.29 bits per heavy atom. The highest BCUT2D eigenvalue weighted by Crippen LogP contribution is 2.32. The van der Waals surface area contributed by atoms with Crippen LogP contribution in [0.15, 0.2) is 18.2 Å². The van der Waals surface area contributed by atoms with Crippen molar-refractivity contribution in [2.45, 2.75) is 45.6 Å². The van der Waals surface area contributed by atoms with E-state index < -0.39 is 0 Å². The lowest BCUT2D eigenvalue weighted by Crippen LogP contribution is -2.06. The van der Waals surface area contributed by atoms with Crippen LogP contribution >= 0.6 is 0 Å². The molecule has 14 heavy (non-hydrogen) atoms. The second-order valence-electron chi connectivity index (χ2n) is 4.61. The van der Waals surface area contributed by atoms with Gasteiger partial charge in [0.1, 0.15) is 0 Å². The molecule has 76 valence electrons. The van der Waals surface area contributed by atoms with Crippen molar-refractivity contribution in [3.8, 4) is 0 Å². The van der Waals surface area contributed by atoms with Crippen LogP contribution < -0.4 is 5.32 Å². The molecule has 1 aromatic rings. The molecule has 1 fully saturated rings. The predicted octanol–water partition coefficient (Wildman–Crippen LogP) is 3.69. The summed E-state index contributed by atoms with van der Waals surface area (Å²) in [5.41, 5.74) is 4.21. The largest absolute Gasteiger partial charge is 0.382 e. The van der Waals surface area contributed by atoms with Crippen LogP contribution in [0.2, 0.25) is 0 Å². The fraction of sp³-hybridized carbons (Fsp3) is 0.538. The van der Waals surface area contributed by atoms with Gasteiger partial charge < -0.3 is 5.32 Å². The molecule has 0 heterocycles. The molecule has 0 aromatic heterocycles. The predicted molar refractivity (Wildman–Crippen MR) is 61.9 cm³/mol. The molecule has 1 nitrogen and oxygen atoms in total. The number of benzene rings is 1. The zero-order valence-corrected chi connectivity index (χ0v) is 9.30. The van der Waals surface area contributed by atoms with Crippen LogP contribution in [0.5, 0.6) is 0 Å². The zero-order chi connectivity index (χ0) is 10.1. The first-order valence-corrected chi connectivity index (χ1v) is 5.54. The van der Waals surface area contributed by atoms with Crippen LogP contribution in [0.25, 0.3) is 0 Å². The van der Waals surface area contributed by atoms with Crippen molar-refractivity contribution < 1.29 is 0 Å². The highest BCUT2D eigenvalue weighted by molar-refractivity contribution is 5.59. The third kappa shape index (κ3) is 1.92. The van der Waals surface area contributed by atoms with Crippen molar-refractivity contribution in [3.63, 3.8) is 0 Å². The first kappa shape index (κ1) is 9.57. The summed E-state index contributed by atoms with van der Waals surface area (Å²) >= 11 is 0. The molecule has 0 bridgehead atoms. The van der Waals surface area contributed by atoms with Crippen molar-refractivity contribution in [2.75, 3.05) is 5.32 Å². The maximum Gasteiger partial charge on any atom is 0.0407 e. The molecular weight excluding hydrogens is 170 g/mol. The van der Waals surface area contributed by atoms with E-state index in [1.807, 2.05) is 0 Å². The summed E-state index contributed by atoms with van der Waals surface area (Å²) in [6.45, 7) is 6.70. The maximum absolute atomic E-state index is 3.63. The van der Waals surface area contributed by atoms with Gasteiger partial charge in [-0.3, -0.25) is 0 Å². The fourth-order valence-electron chi connectivity index (χ4n) is 1.80. The minimum absolute atomic E-state index is 0.608. The standard InChI is InChI=1S/C13H19N/c1-9(2)12-6-4-5-10(3)13(12)14-11-7-8-11/h4-6,9,11,14H,7-8H2,1-3H3. The SMILES string of the molecule is Cc1cccc(C(C)C)c1NC1CC1. The van der Waals surface area contributed by atoms with Crippen molar-refractivity contribution in [2.24, 2.45) is 0 Å². The Labute approximate surface area is 86.5 Å². The molecule has 0 spiro atoms. The van der Waals surface area contributed by atoms with Crippen molar-refractivity contribution in [1.82, 2.24) is 0 Å². The molecule has 0 amide bonds. The summed E-state index contributed by atoms with van der Waals surface area (Å²) in [7, 11) is 0. The number of para-hydroxylation sites is 1. The normalized spacial score (nSPS) is 16.0. The van der Waals surface area contributed by atoms with E-state index in [-0.39, 0.29) is 0 Å². The van der Waals surface area contributed by atoms with Gasteiger partial charge in [0.25, 0.3) is 0 Å². The third-order valence-electron chi connectivity index (χ3n) is 2.85. The molecule has 0 unspecified atom stereocenters.